The Morgan fingerprint density at radius 3 is 2.71 bits per heavy atom. The third-order valence-corrected chi connectivity index (χ3v) is 5.34. The lowest BCUT2D eigenvalue weighted by atomic mass is 10.2. The van der Waals surface area contributed by atoms with Gasteiger partial charge in [0.2, 0.25) is 5.91 Å². The molecule has 3 aromatic rings. The third-order valence-electron chi connectivity index (χ3n) is 4.06. The van der Waals surface area contributed by atoms with Gasteiger partial charge >= 0.3 is 5.69 Å². The Labute approximate surface area is 144 Å². The number of thiophene rings is 1. The number of carbonyl (C=O) groups is 1. The van der Waals surface area contributed by atoms with Gasteiger partial charge in [0.15, 0.2) is 5.65 Å². The Bertz CT molecular complexity index is 965. The Balaban J connectivity index is 2.13. The molecular weight excluding hydrogens is 324 g/mol. The van der Waals surface area contributed by atoms with Gasteiger partial charge in [0.05, 0.1) is 5.52 Å². The summed E-state index contributed by atoms with van der Waals surface area (Å²) < 4.78 is 2.97. The first-order chi connectivity index (χ1) is 11.4. The highest BCUT2D eigenvalue weighted by Crippen LogP contribution is 2.29. The molecule has 0 aliphatic rings. The molecule has 6 nitrogen and oxygen atoms in total. The van der Waals surface area contributed by atoms with E-state index in [1.54, 1.807) is 38.7 Å². The molecule has 3 rings (SSSR count). The molecule has 126 valence electrons. The molecule has 1 amide bonds. The van der Waals surface area contributed by atoms with Gasteiger partial charge in [0.25, 0.3) is 0 Å². The first kappa shape index (κ1) is 16.4. The molecule has 0 aromatic carbocycles. The molecule has 0 unspecified atom stereocenters. The molecule has 0 fully saturated rings. The molecule has 3 heterocycles. The highest BCUT2D eigenvalue weighted by atomic mass is 32.1. The van der Waals surface area contributed by atoms with Crippen LogP contribution < -0.4 is 5.69 Å². The number of hydrogen-bond acceptors (Lipinski definition) is 4. The number of hydrogen-bond donors (Lipinski definition) is 0. The van der Waals surface area contributed by atoms with Crippen LogP contribution >= 0.6 is 11.3 Å². The van der Waals surface area contributed by atoms with E-state index in [2.05, 4.69) is 24.0 Å². The van der Waals surface area contributed by atoms with E-state index in [-0.39, 0.29) is 18.1 Å². The van der Waals surface area contributed by atoms with E-state index in [4.69, 9.17) is 0 Å². The highest BCUT2D eigenvalue weighted by Gasteiger charge is 2.16. The summed E-state index contributed by atoms with van der Waals surface area (Å²) >= 11 is 1.72. The number of amides is 1. The predicted octanol–water partition coefficient (Wildman–Crippen LogP) is 2.11. The predicted molar refractivity (Wildman–Crippen MR) is 96.4 cm³/mol. The highest BCUT2D eigenvalue weighted by molar-refractivity contribution is 7.15. The Morgan fingerprint density at radius 2 is 2.08 bits per heavy atom. The molecular formula is C17H20N4O2S. The SMILES string of the molecule is CCc1ccc(-c2cnc3c(c2)n(CC(=O)N(C)C)c(=O)n3C)s1. The lowest BCUT2D eigenvalue weighted by Crippen LogP contribution is -2.31. The molecule has 0 saturated heterocycles. The van der Waals surface area contributed by atoms with Gasteiger partial charge < -0.3 is 4.90 Å². The monoisotopic (exact) mass is 344 g/mol. The van der Waals surface area contributed by atoms with Crippen molar-refractivity contribution >= 4 is 28.4 Å². The number of aromatic nitrogens is 3. The van der Waals surface area contributed by atoms with Crippen LogP contribution in [0.1, 0.15) is 11.8 Å². The molecule has 7 heteroatoms. The van der Waals surface area contributed by atoms with Gasteiger partial charge in [-0.2, -0.15) is 0 Å². The second-order valence-corrected chi connectivity index (χ2v) is 7.07. The van der Waals surface area contributed by atoms with Crippen molar-refractivity contribution in [2.75, 3.05) is 14.1 Å². The molecule has 0 radical (unpaired) electrons. The Hall–Kier alpha value is -2.41. The summed E-state index contributed by atoms with van der Waals surface area (Å²) in [6.07, 6.45) is 2.78. The van der Waals surface area contributed by atoms with Crippen LogP contribution in [-0.4, -0.2) is 39.0 Å². The summed E-state index contributed by atoms with van der Waals surface area (Å²) in [7, 11) is 5.04. The van der Waals surface area contributed by atoms with Gasteiger partial charge in [0.1, 0.15) is 6.54 Å². The number of carbonyl (C=O) groups excluding carboxylic acids is 1. The molecule has 0 saturated carbocycles. The van der Waals surface area contributed by atoms with Gasteiger partial charge in [-0.3, -0.25) is 13.9 Å². The van der Waals surface area contributed by atoms with Crippen LogP contribution in [0.15, 0.2) is 29.2 Å². The second-order valence-electron chi connectivity index (χ2n) is 5.90. The molecule has 0 aliphatic carbocycles. The number of pyridine rings is 1. The lowest BCUT2D eigenvalue weighted by Gasteiger charge is -2.10. The number of rotatable bonds is 4. The maximum Gasteiger partial charge on any atom is 0.330 e. The van der Waals surface area contributed by atoms with Crippen LogP contribution in [0.25, 0.3) is 21.6 Å². The number of aryl methyl sites for hydroxylation is 2. The Kier molecular flexibility index (Phi) is 4.28. The second kappa shape index (κ2) is 6.24. The fourth-order valence-electron chi connectivity index (χ4n) is 2.57. The van der Waals surface area contributed by atoms with E-state index in [1.165, 1.54) is 18.9 Å². The fraction of sp³-hybridized carbons (Fsp3) is 0.353. The largest absolute Gasteiger partial charge is 0.347 e. The van der Waals surface area contributed by atoms with Gasteiger partial charge in [-0.1, -0.05) is 6.92 Å². The zero-order chi connectivity index (χ0) is 17.4. The van der Waals surface area contributed by atoms with Gasteiger partial charge in [-0.15, -0.1) is 11.3 Å². The van der Waals surface area contributed by atoms with Gasteiger partial charge in [0, 0.05) is 42.7 Å². The summed E-state index contributed by atoms with van der Waals surface area (Å²) in [4.78, 5) is 32.9. The minimum absolute atomic E-state index is 0.0129. The topological polar surface area (TPSA) is 60.1 Å². The van der Waals surface area contributed by atoms with Crippen LogP contribution in [0.3, 0.4) is 0 Å². The summed E-state index contributed by atoms with van der Waals surface area (Å²) in [5.41, 5.74) is 2.00. The summed E-state index contributed by atoms with van der Waals surface area (Å²) in [6, 6.07) is 6.12. The van der Waals surface area contributed by atoms with Crippen LogP contribution in [-0.2, 0) is 24.8 Å². The number of nitrogens with zero attached hydrogens (tertiary/aromatic N) is 4. The fourth-order valence-corrected chi connectivity index (χ4v) is 3.49. The number of imidazole rings is 1. The van der Waals surface area contributed by atoms with Crippen molar-refractivity contribution < 1.29 is 4.79 Å². The molecule has 0 atom stereocenters. The van der Waals surface area contributed by atoms with E-state index >= 15 is 0 Å². The van der Waals surface area contributed by atoms with Crippen molar-refractivity contribution in [1.29, 1.82) is 0 Å². The van der Waals surface area contributed by atoms with Crippen molar-refractivity contribution in [3.63, 3.8) is 0 Å². The van der Waals surface area contributed by atoms with Crippen LogP contribution in [0.2, 0.25) is 0 Å². The van der Waals surface area contributed by atoms with E-state index in [0.29, 0.717) is 11.2 Å². The first-order valence-corrected chi connectivity index (χ1v) is 8.58. The maximum absolute atomic E-state index is 12.5. The average Bonchev–Trinajstić information content (AvgIpc) is 3.14. The normalized spacial score (nSPS) is 11.2. The van der Waals surface area contributed by atoms with Crippen molar-refractivity contribution in [3.05, 3.63) is 39.8 Å². The van der Waals surface area contributed by atoms with E-state index in [9.17, 15) is 9.59 Å². The molecule has 3 aromatic heterocycles. The van der Waals surface area contributed by atoms with E-state index in [0.717, 1.165) is 16.9 Å². The number of likely N-dealkylation sites (N-methyl/N-ethyl adjacent to an activating group) is 1. The third kappa shape index (κ3) is 2.75. The van der Waals surface area contributed by atoms with Crippen molar-refractivity contribution in [3.8, 4) is 10.4 Å². The average molecular weight is 344 g/mol. The molecule has 0 N–H and O–H groups in total. The summed E-state index contributed by atoms with van der Waals surface area (Å²) in [5, 5.41) is 0. The van der Waals surface area contributed by atoms with E-state index in [1.807, 2.05) is 6.07 Å². The lowest BCUT2D eigenvalue weighted by molar-refractivity contribution is -0.129. The molecule has 0 bridgehead atoms. The summed E-state index contributed by atoms with van der Waals surface area (Å²) in [5.74, 6) is -0.126. The Morgan fingerprint density at radius 1 is 1.33 bits per heavy atom. The van der Waals surface area contributed by atoms with Crippen molar-refractivity contribution in [2.45, 2.75) is 19.9 Å². The molecule has 0 spiro atoms. The van der Waals surface area contributed by atoms with Crippen molar-refractivity contribution in [2.24, 2.45) is 7.05 Å². The van der Waals surface area contributed by atoms with Gasteiger partial charge in [-0.05, 0) is 24.6 Å². The maximum atomic E-state index is 12.5. The smallest absolute Gasteiger partial charge is 0.330 e. The number of fused-ring (bicyclic) bond motifs is 1. The minimum Gasteiger partial charge on any atom is -0.347 e. The zero-order valence-corrected chi connectivity index (χ0v) is 15.1. The first-order valence-electron chi connectivity index (χ1n) is 7.77. The minimum atomic E-state index is -0.231. The standard InChI is InChI=1S/C17H20N4O2S/c1-5-12-6-7-14(24-12)11-8-13-16(18-9-11)20(4)17(23)21(13)10-15(22)19(2)3/h6-9H,5,10H2,1-4H3. The van der Waals surface area contributed by atoms with Crippen LogP contribution in [0.5, 0.6) is 0 Å². The van der Waals surface area contributed by atoms with Crippen molar-refractivity contribution in [1.82, 2.24) is 19.0 Å². The van der Waals surface area contributed by atoms with Crippen LogP contribution in [0.4, 0.5) is 0 Å². The summed E-state index contributed by atoms with van der Waals surface area (Å²) in [6.45, 7) is 2.14. The quantitative estimate of drug-likeness (QED) is 0.728. The van der Waals surface area contributed by atoms with Gasteiger partial charge in [-0.25, -0.2) is 9.78 Å². The molecule has 24 heavy (non-hydrogen) atoms. The zero-order valence-electron chi connectivity index (χ0n) is 14.2. The van der Waals surface area contributed by atoms with E-state index < -0.39 is 0 Å². The van der Waals surface area contributed by atoms with Crippen LogP contribution in [0, 0.1) is 0 Å². The molecule has 0 aliphatic heterocycles.